The number of benzene rings is 1. The van der Waals surface area contributed by atoms with Crippen LogP contribution in [0.4, 0.5) is 0 Å². The van der Waals surface area contributed by atoms with Crippen molar-refractivity contribution in [3.63, 3.8) is 0 Å². The van der Waals surface area contributed by atoms with Gasteiger partial charge >= 0.3 is 0 Å². The average Bonchev–Trinajstić information content (AvgIpc) is 3.09. The van der Waals surface area contributed by atoms with Crippen LogP contribution < -0.4 is 0 Å². The molecule has 1 amide bonds. The molecule has 2 heterocycles. The van der Waals surface area contributed by atoms with E-state index in [9.17, 15) is 4.79 Å². The second kappa shape index (κ2) is 5.62. The number of nitrogens with zero attached hydrogens (tertiary/aromatic N) is 1. The van der Waals surface area contributed by atoms with E-state index in [2.05, 4.69) is 19.9 Å². The van der Waals surface area contributed by atoms with E-state index in [4.69, 9.17) is 9.15 Å². The molecule has 1 spiro atoms. The van der Waals surface area contributed by atoms with Crippen molar-refractivity contribution in [3.8, 4) is 0 Å². The van der Waals surface area contributed by atoms with Crippen molar-refractivity contribution in [3.05, 3.63) is 34.6 Å². The third kappa shape index (κ3) is 2.27. The van der Waals surface area contributed by atoms with E-state index < -0.39 is 5.72 Å². The molecule has 0 N–H and O–H groups in total. The Morgan fingerprint density at radius 3 is 2.62 bits per heavy atom. The highest BCUT2D eigenvalue weighted by Crippen LogP contribution is 2.40. The average molecular weight is 327 g/mol. The van der Waals surface area contributed by atoms with Crippen molar-refractivity contribution in [2.75, 3.05) is 13.2 Å². The minimum Gasteiger partial charge on any atom is -0.451 e. The summed E-state index contributed by atoms with van der Waals surface area (Å²) >= 11 is 0. The number of rotatable bonds is 1. The Balaban J connectivity index is 1.76. The van der Waals surface area contributed by atoms with Crippen molar-refractivity contribution >= 4 is 16.9 Å². The maximum atomic E-state index is 13.3. The predicted octanol–water partition coefficient (Wildman–Crippen LogP) is 4.49. The molecule has 1 aliphatic carbocycles. The highest BCUT2D eigenvalue weighted by Gasteiger charge is 2.46. The van der Waals surface area contributed by atoms with E-state index in [0.717, 1.165) is 53.3 Å². The summed E-state index contributed by atoms with van der Waals surface area (Å²) in [7, 11) is 0. The van der Waals surface area contributed by atoms with Crippen LogP contribution in [0.25, 0.3) is 11.0 Å². The smallest absolute Gasteiger partial charge is 0.292 e. The summed E-state index contributed by atoms with van der Waals surface area (Å²) in [5.41, 5.74) is 3.68. The molecule has 2 aliphatic rings. The first-order valence-electron chi connectivity index (χ1n) is 8.98. The van der Waals surface area contributed by atoms with Crippen LogP contribution in [-0.2, 0) is 4.74 Å². The van der Waals surface area contributed by atoms with Crippen molar-refractivity contribution < 1.29 is 13.9 Å². The zero-order valence-corrected chi connectivity index (χ0v) is 14.8. The fourth-order valence-electron chi connectivity index (χ4n) is 4.53. The first-order valence-corrected chi connectivity index (χ1v) is 8.98. The lowest BCUT2D eigenvalue weighted by molar-refractivity contribution is -0.0925. The Morgan fingerprint density at radius 1 is 1.12 bits per heavy atom. The SMILES string of the molecule is Cc1cc(C)c2c(C)c(C(=O)N3CCOC34CCCCC4)oc2c1. The summed E-state index contributed by atoms with van der Waals surface area (Å²) in [5.74, 6) is 0.467. The molecule has 1 saturated heterocycles. The van der Waals surface area contributed by atoms with Gasteiger partial charge in [0.2, 0.25) is 0 Å². The third-order valence-electron chi connectivity index (χ3n) is 5.62. The Bertz CT molecular complexity index is 799. The number of ether oxygens (including phenoxy) is 1. The number of aryl methyl sites for hydroxylation is 3. The van der Waals surface area contributed by atoms with E-state index in [1.165, 1.54) is 6.42 Å². The van der Waals surface area contributed by atoms with Crippen LogP contribution in [-0.4, -0.2) is 29.7 Å². The molecule has 4 nitrogen and oxygen atoms in total. The standard InChI is InChI=1S/C20H25NO3/c1-13-11-14(2)17-15(3)18(24-16(17)12-13)19(22)21-9-10-23-20(21)7-5-4-6-8-20/h11-12H,4-10H2,1-3H3. The molecule has 24 heavy (non-hydrogen) atoms. The van der Waals surface area contributed by atoms with Crippen LogP contribution in [0.3, 0.4) is 0 Å². The first-order chi connectivity index (χ1) is 11.5. The molecular formula is C20H25NO3. The second-order valence-electron chi connectivity index (χ2n) is 7.32. The quantitative estimate of drug-likeness (QED) is 0.775. The van der Waals surface area contributed by atoms with Crippen LogP contribution in [0.2, 0.25) is 0 Å². The maximum absolute atomic E-state index is 13.3. The van der Waals surface area contributed by atoms with Gasteiger partial charge in [0.25, 0.3) is 5.91 Å². The number of hydrogen-bond acceptors (Lipinski definition) is 3. The van der Waals surface area contributed by atoms with Gasteiger partial charge < -0.3 is 14.1 Å². The summed E-state index contributed by atoms with van der Waals surface area (Å²) in [5, 5.41) is 1.07. The summed E-state index contributed by atoms with van der Waals surface area (Å²) in [4.78, 5) is 15.2. The lowest BCUT2D eigenvalue weighted by Crippen LogP contribution is -2.49. The number of hydrogen-bond donors (Lipinski definition) is 0. The zero-order chi connectivity index (χ0) is 16.9. The van der Waals surface area contributed by atoms with E-state index in [-0.39, 0.29) is 5.91 Å². The van der Waals surface area contributed by atoms with Gasteiger partial charge in [0, 0.05) is 17.5 Å². The van der Waals surface area contributed by atoms with Gasteiger partial charge in [-0.3, -0.25) is 4.79 Å². The van der Waals surface area contributed by atoms with E-state index >= 15 is 0 Å². The fraction of sp³-hybridized carbons (Fsp3) is 0.550. The van der Waals surface area contributed by atoms with Crippen LogP contribution in [0, 0.1) is 20.8 Å². The molecular weight excluding hydrogens is 302 g/mol. The van der Waals surface area contributed by atoms with Gasteiger partial charge in [-0.05, 0) is 63.6 Å². The summed E-state index contributed by atoms with van der Waals surface area (Å²) < 4.78 is 12.1. The topological polar surface area (TPSA) is 42.7 Å². The molecule has 0 unspecified atom stereocenters. The lowest BCUT2D eigenvalue weighted by atomic mass is 9.90. The summed E-state index contributed by atoms with van der Waals surface area (Å²) in [6, 6.07) is 4.16. The molecule has 4 heteroatoms. The van der Waals surface area contributed by atoms with Gasteiger partial charge in [-0.2, -0.15) is 0 Å². The second-order valence-corrected chi connectivity index (χ2v) is 7.32. The van der Waals surface area contributed by atoms with Gasteiger partial charge in [-0.15, -0.1) is 0 Å². The van der Waals surface area contributed by atoms with E-state index in [1.807, 2.05) is 17.9 Å². The van der Waals surface area contributed by atoms with Crippen LogP contribution in [0.15, 0.2) is 16.5 Å². The molecule has 1 aromatic carbocycles. The van der Waals surface area contributed by atoms with Crippen molar-refractivity contribution in [1.29, 1.82) is 0 Å². The van der Waals surface area contributed by atoms with Crippen LogP contribution >= 0.6 is 0 Å². The lowest BCUT2D eigenvalue weighted by Gasteiger charge is -2.39. The van der Waals surface area contributed by atoms with Crippen LogP contribution in [0.5, 0.6) is 0 Å². The molecule has 2 fully saturated rings. The highest BCUT2D eigenvalue weighted by atomic mass is 16.5. The number of amides is 1. The minimum atomic E-state index is -0.397. The van der Waals surface area contributed by atoms with E-state index in [1.54, 1.807) is 0 Å². The number of carbonyl (C=O) groups excluding carboxylic acids is 1. The Morgan fingerprint density at radius 2 is 1.88 bits per heavy atom. The summed E-state index contributed by atoms with van der Waals surface area (Å²) in [6.07, 6.45) is 5.37. The Labute approximate surface area is 142 Å². The Kier molecular flexibility index (Phi) is 3.68. The molecule has 0 atom stereocenters. The first kappa shape index (κ1) is 15.7. The largest absolute Gasteiger partial charge is 0.451 e. The van der Waals surface area contributed by atoms with Crippen LogP contribution in [0.1, 0.15) is 59.3 Å². The van der Waals surface area contributed by atoms with Crippen molar-refractivity contribution in [2.45, 2.75) is 58.6 Å². The minimum absolute atomic E-state index is 0.0137. The molecule has 0 bridgehead atoms. The molecule has 2 aromatic rings. The monoisotopic (exact) mass is 327 g/mol. The number of furan rings is 1. The predicted molar refractivity (Wildman–Crippen MR) is 93.2 cm³/mol. The summed E-state index contributed by atoms with van der Waals surface area (Å²) in [6.45, 7) is 7.41. The molecule has 1 saturated carbocycles. The zero-order valence-electron chi connectivity index (χ0n) is 14.8. The van der Waals surface area contributed by atoms with Gasteiger partial charge in [0.05, 0.1) is 6.61 Å². The van der Waals surface area contributed by atoms with Gasteiger partial charge in [-0.25, -0.2) is 0 Å². The van der Waals surface area contributed by atoms with E-state index in [0.29, 0.717) is 18.9 Å². The van der Waals surface area contributed by atoms with Crippen molar-refractivity contribution in [1.82, 2.24) is 4.90 Å². The van der Waals surface area contributed by atoms with Gasteiger partial charge in [-0.1, -0.05) is 12.5 Å². The number of carbonyl (C=O) groups is 1. The maximum Gasteiger partial charge on any atom is 0.292 e. The normalized spacial score (nSPS) is 20.2. The molecule has 1 aromatic heterocycles. The Hall–Kier alpha value is -1.81. The molecule has 4 rings (SSSR count). The van der Waals surface area contributed by atoms with Gasteiger partial charge in [0.15, 0.2) is 5.76 Å². The molecule has 0 radical (unpaired) electrons. The third-order valence-corrected chi connectivity index (χ3v) is 5.62. The highest BCUT2D eigenvalue weighted by molar-refractivity contribution is 6.00. The molecule has 1 aliphatic heterocycles. The fourth-order valence-corrected chi connectivity index (χ4v) is 4.53. The van der Waals surface area contributed by atoms with Gasteiger partial charge in [0.1, 0.15) is 11.3 Å². The van der Waals surface area contributed by atoms with Crippen molar-refractivity contribution in [2.24, 2.45) is 0 Å². The number of fused-ring (bicyclic) bond motifs is 1. The molecule has 128 valence electrons.